The zero-order valence-electron chi connectivity index (χ0n) is 11.2. The van der Waals surface area contributed by atoms with Crippen LogP contribution in [0.5, 0.6) is 0 Å². The number of hydrogen-bond acceptors (Lipinski definition) is 6. The molecular formula is C12H14N6O3. The quantitative estimate of drug-likeness (QED) is 0.829. The van der Waals surface area contributed by atoms with Gasteiger partial charge in [-0.25, -0.2) is 14.3 Å². The maximum Gasteiger partial charge on any atom is 0.409 e. The van der Waals surface area contributed by atoms with Crippen LogP contribution in [0.2, 0.25) is 0 Å². The standard InChI is InChI=1S/C12H14N6O3/c19-10(9-15-11-14-3-1-6-18(11)16-9)13-4-7-17-5-2-8-21-12(17)20/h1,3,6H,2,4-5,7-8H2,(H,13,19). The molecule has 2 aromatic rings. The Morgan fingerprint density at radius 2 is 2.38 bits per heavy atom. The Morgan fingerprint density at radius 3 is 3.19 bits per heavy atom. The molecule has 3 rings (SSSR count). The summed E-state index contributed by atoms with van der Waals surface area (Å²) in [6.07, 6.45) is 3.70. The monoisotopic (exact) mass is 290 g/mol. The molecule has 2 amide bonds. The number of nitrogens with one attached hydrogen (secondary N) is 1. The van der Waals surface area contributed by atoms with Gasteiger partial charge >= 0.3 is 6.09 Å². The Balaban J connectivity index is 1.55. The van der Waals surface area contributed by atoms with E-state index in [0.29, 0.717) is 32.0 Å². The zero-order chi connectivity index (χ0) is 14.7. The second-order valence-electron chi connectivity index (χ2n) is 4.51. The second kappa shape index (κ2) is 5.73. The molecule has 0 spiro atoms. The van der Waals surface area contributed by atoms with Crippen LogP contribution < -0.4 is 5.32 Å². The van der Waals surface area contributed by atoms with Crippen molar-refractivity contribution in [2.45, 2.75) is 6.42 Å². The summed E-state index contributed by atoms with van der Waals surface area (Å²) in [5.41, 5.74) is 0. The molecular weight excluding hydrogens is 276 g/mol. The Kier molecular flexibility index (Phi) is 3.63. The van der Waals surface area contributed by atoms with E-state index in [1.165, 1.54) is 4.52 Å². The summed E-state index contributed by atoms with van der Waals surface area (Å²) >= 11 is 0. The van der Waals surface area contributed by atoms with E-state index in [1.807, 2.05) is 0 Å². The molecule has 0 radical (unpaired) electrons. The third-order valence-electron chi connectivity index (χ3n) is 3.04. The number of fused-ring (bicyclic) bond motifs is 1. The van der Waals surface area contributed by atoms with E-state index >= 15 is 0 Å². The van der Waals surface area contributed by atoms with Gasteiger partial charge in [0.1, 0.15) is 0 Å². The van der Waals surface area contributed by atoms with E-state index in [9.17, 15) is 9.59 Å². The third-order valence-corrected chi connectivity index (χ3v) is 3.04. The number of nitrogens with zero attached hydrogens (tertiary/aromatic N) is 5. The van der Waals surface area contributed by atoms with E-state index in [-0.39, 0.29) is 11.9 Å². The maximum absolute atomic E-state index is 11.9. The minimum Gasteiger partial charge on any atom is -0.449 e. The number of ether oxygens (including phenoxy) is 1. The van der Waals surface area contributed by atoms with Crippen LogP contribution in [0.15, 0.2) is 18.5 Å². The van der Waals surface area contributed by atoms with E-state index in [0.717, 1.165) is 6.42 Å². The van der Waals surface area contributed by atoms with Gasteiger partial charge in [-0.05, 0) is 12.5 Å². The van der Waals surface area contributed by atoms with Crippen LogP contribution in [0.4, 0.5) is 4.79 Å². The Morgan fingerprint density at radius 1 is 1.48 bits per heavy atom. The van der Waals surface area contributed by atoms with Gasteiger partial charge in [-0.2, -0.15) is 4.98 Å². The van der Waals surface area contributed by atoms with Crippen LogP contribution in [-0.4, -0.2) is 62.7 Å². The average Bonchev–Trinajstić information content (AvgIpc) is 2.93. The predicted octanol–water partition coefficient (Wildman–Crippen LogP) is -0.304. The highest BCUT2D eigenvalue weighted by Crippen LogP contribution is 2.03. The van der Waals surface area contributed by atoms with Gasteiger partial charge in [-0.3, -0.25) is 4.79 Å². The topological polar surface area (TPSA) is 102 Å². The molecule has 1 N–H and O–H groups in total. The number of rotatable bonds is 4. The number of aromatic nitrogens is 4. The summed E-state index contributed by atoms with van der Waals surface area (Å²) in [6, 6.07) is 1.70. The summed E-state index contributed by atoms with van der Waals surface area (Å²) < 4.78 is 6.34. The lowest BCUT2D eigenvalue weighted by Gasteiger charge is -2.26. The molecule has 2 aromatic heterocycles. The van der Waals surface area contributed by atoms with Gasteiger partial charge in [0, 0.05) is 32.0 Å². The van der Waals surface area contributed by atoms with Gasteiger partial charge in [0.2, 0.25) is 5.82 Å². The molecule has 1 aliphatic heterocycles. The van der Waals surface area contributed by atoms with E-state index in [4.69, 9.17) is 4.74 Å². The van der Waals surface area contributed by atoms with Gasteiger partial charge < -0.3 is 15.0 Å². The SMILES string of the molecule is O=C(NCCN1CCCOC1=O)c1nc2ncccn2n1. The van der Waals surface area contributed by atoms with Crippen molar-refractivity contribution in [3.63, 3.8) is 0 Å². The summed E-state index contributed by atoms with van der Waals surface area (Å²) in [6.45, 7) is 1.82. The lowest BCUT2D eigenvalue weighted by Crippen LogP contribution is -2.42. The largest absolute Gasteiger partial charge is 0.449 e. The van der Waals surface area contributed by atoms with Crippen molar-refractivity contribution in [2.75, 3.05) is 26.2 Å². The third kappa shape index (κ3) is 2.91. The van der Waals surface area contributed by atoms with Crippen molar-refractivity contribution < 1.29 is 14.3 Å². The molecule has 3 heterocycles. The minimum absolute atomic E-state index is 0.0509. The lowest BCUT2D eigenvalue weighted by molar-refractivity contribution is 0.0718. The fraction of sp³-hybridized carbons (Fsp3) is 0.417. The summed E-state index contributed by atoms with van der Waals surface area (Å²) in [5.74, 6) is 0.0167. The fourth-order valence-corrected chi connectivity index (χ4v) is 2.01. The first-order valence-electron chi connectivity index (χ1n) is 6.61. The Bertz CT molecular complexity index is 637. The van der Waals surface area contributed by atoms with Gasteiger partial charge in [0.05, 0.1) is 6.61 Å². The molecule has 0 saturated carbocycles. The number of hydrogen-bond donors (Lipinski definition) is 1. The molecule has 0 unspecified atom stereocenters. The molecule has 0 aromatic carbocycles. The lowest BCUT2D eigenvalue weighted by atomic mass is 10.3. The van der Waals surface area contributed by atoms with Gasteiger partial charge in [-0.15, -0.1) is 5.10 Å². The summed E-state index contributed by atoms with van der Waals surface area (Å²) in [5, 5.41) is 6.69. The molecule has 0 bridgehead atoms. The van der Waals surface area contributed by atoms with Crippen molar-refractivity contribution >= 4 is 17.8 Å². The molecule has 110 valence electrons. The van der Waals surface area contributed by atoms with Gasteiger partial charge in [-0.1, -0.05) is 0 Å². The average molecular weight is 290 g/mol. The zero-order valence-corrected chi connectivity index (χ0v) is 11.2. The minimum atomic E-state index is -0.397. The Labute approximate surface area is 119 Å². The van der Waals surface area contributed by atoms with E-state index in [2.05, 4.69) is 20.4 Å². The van der Waals surface area contributed by atoms with Crippen molar-refractivity contribution in [2.24, 2.45) is 0 Å². The van der Waals surface area contributed by atoms with Gasteiger partial charge in [0.25, 0.3) is 11.7 Å². The molecule has 1 saturated heterocycles. The first-order valence-corrected chi connectivity index (χ1v) is 6.61. The first-order chi connectivity index (χ1) is 10.2. The first kappa shape index (κ1) is 13.3. The Hall–Kier alpha value is -2.71. The van der Waals surface area contributed by atoms with Crippen LogP contribution in [0.3, 0.4) is 0 Å². The number of carbonyl (C=O) groups is 2. The van der Waals surface area contributed by atoms with Crippen molar-refractivity contribution in [1.29, 1.82) is 0 Å². The van der Waals surface area contributed by atoms with Crippen LogP contribution in [0.25, 0.3) is 5.78 Å². The molecule has 9 nitrogen and oxygen atoms in total. The second-order valence-corrected chi connectivity index (χ2v) is 4.51. The van der Waals surface area contributed by atoms with Crippen molar-refractivity contribution in [1.82, 2.24) is 29.8 Å². The van der Waals surface area contributed by atoms with E-state index in [1.54, 1.807) is 23.4 Å². The smallest absolute Gasteiger partial charge is 0.409 e. The highest BCUT2D eigenvalue weighted by Gasteiger charge is 2.19. The van der Waals surface area contributed by atoms with E-state index < -0.39 is 5.91 Å². The normalized spacial score (nSPS) is 15.0. The van der Waals surface area contributed by atoms with Crippen LogP contribution in [0, 0.1) is 0 Å². The summed E-state index contributed by atoms with van der Waals surface area (Å²) in [4.78, 5) is 32.9. The molecule has 0 aliphatic carbocycles. The molecule has 1 aliphatic rings. The van der Waals surface area contributed by atoms with Crippen molar-refractivity contribution in [3.05, 3.63) is 24.3 Å². The van der Waals surface area contributed by atoms with Gasteiger partial charge in [0.15, 0.2) is 0 Å². The van der Waals surface area contributed by atoms with Crippen LogP contribution in [0.1, 0.15) is 17.0 Å². The molecule has 21 heavy (non-hydrogen) atoms. The van der Waals surface area contributed by atoms with Crippen LogP contribution >= 0.6 is 0 Å². The molecule has 9 heteroatoms. The number of carbonyl (C=O) groups excluding carboxylic acids is 2. The number of cyclic esters (lactones) is 1. The fourth-order valence-electron chi connectivity index (χ4n) is 2.01. The maximum atomic E-state index is 11.9. The molecule has 0 atom stereocenters. The molecule has 1 fully saturated rings. The van der Waals surface area contributed by atoms with Crippen LogP contribution in [-0.2, 0) is 4.74 Å². The predicted molar refractivity (Wildman–Crippen MR) is 70.7 cm³/mol. The highest BCUT2D eigenvalue weighted by atomic mass is 16.6. The number of amides is 2. The van der Waals surface area contributed by atoms with Crippen molar-refractivity contribution in [3.8, 4) is 0 Å². The highest BCUT2D eigenvalue weighted by molar-refractivity contribution is 5.90. The summed E-state index contributed by atoms with van der Waals surface area (Å²) in [7, 11) is 0.